The molecule has 0 N–H and O–H groups in total. The Morgan fingerprint density at radius 1 is 1.43 bits per heavy atom. The smallest absolute Gasteiger partial charge is 0.224 e. The Kier molecular flexibility index (Phi) is 4.88. The van der Waals surface area contributed by atoms with Crippen LogP contribution in [0.1, 0.15) is 39.5 Å². The van der Waals surface area contributed by atoms with Gasteiger partial charge in [0.25, 0.3) is 0 Å². The molecule has 1 aliphatic carbocycles. The van der Waals surface area contributed by atoms with Crippen LogP contribution in [0.15, 0.2) is 12.3 Å². The Hall–Kier alpha value is -0.630. The third-order valence-corrected chi connectivity index (χ3v) is 2.76. The predicted octanol–water partition coefficient (Wildman–Crippen LogP) is 3.29. The molecule has 0 aromatic rings. The summed E-state index contributed by atoms with van der Waals surface area (Å²) in [6, 6.07) is 0. The topological polar surface area (TPSA) is 18.5 Å². The van der Waals surface area contributed by atoms with Gasteiger partial charge in [0.2, 0.25) is 6.61 Å². The SMILES string of the molecule is C=C(OCC)C1CCCCC1O[CH+]C. The van der Waals surface area contributed by atoms with E-state index in [1.54, 1.807) is 6.61 Å². The first-order chi connectivity index (χ1) is 6.79. The fraction of sp³-hybridized carbons (Fsp3) is 0.750. The molecule has 1 saturated carbocycles. The molecule has 80 valence electrons. The average Bonchev–Trinajstić information content (AvgIpc) is 2.19. The van der Waals surface area contributed by atoms with Crippen molar-refractivity contribution in [1.82, 2.24) is 0 Å². The lowest BCUT2D eigenvalue weighted by atomic mass is 9.85. The van der Waals surface area contributed by atoms with Crippen LogP contribution in [-0.4, -0.2) is 12.7 Å². The summed E-state index contributed by atoms with van der Waals surface area (Å²) in [4.78, 5) is 0. The van der Waals surface area contributed by atoms with Crippen LogP contribution in [-0.2, 0) is 9.47 Å². The molecule has 1 aliphatic rings. The summed E-state index contributed by atoms with van der Waals surface area (Å²) in [6.45, 7) is 10.4. The zero-order chi connectivity index (χ0) is 10.4. The van der Waals surface area contributed by atoms with Gasteiger partial charge < -0.3 is 4.74 Å². The van der Waals surface area contributed by atoms with Gasteiger partial charge in [-0.25, -0.2) is 0 Å². The molecule has 1 fully saturated rings. The lowest BCUT2D eigenvalue weighted by molar-refractivity contribution is 0.0178. The normalized spacial score (nSPS) is 27.0. The predicted molar refractivity (Wildman–Crippen MR) is 57.6 cm³/mol. The van der Waals surface area contributed by atoms with Gasteiger partial charge >= 0.3 is 0 Å². The first-order valence-corrected chi connectivity index (χ1v) is 5.54. The maximum atomic E-state index is 5.60. The molecule has 2 heteroatoms. The van der Waals surface area contributed by atoms with Crippen LogP contribution in [0, 0.1) is 12.5 Å². The number of hydrogen-bond acceptors (Lipinski definition) is 2. The van der Waals surface area contributed by atoms with E-state index in [0.717, 1.165) is 18.6 Å². The van der Waals surface area contributed by atoms with Crippen LogP contribution >= 0.6 is 0 Å². The van der Waals surface area contributed by atoms with Gasteiger partial charge in [-0.15, -0.1) is 0 Å². The Morgan fingerprint density at radius 2 is 2.14 bits per heavy atom. The average molecular weight is 197 g/mol. The molecule has 2 unspecified atom stereocenters. The van der Waals surface area contributed by atoms with E-state index in [1.807, 2.05) is 13.8 Å². The maximum Gasteiger partial charge on any atom is 0.224 e. The fourth-order valence-electron chi connectivity index (χ4n) is 2.10. The highest BCUT2D eigenvalue weighted by Gasteiger charge is 2.31. The lowest BCUT2D eigenvalue weighted by Gasteiger charge is -2.29. The van der Waals surface area contributed by atoms with E-state index in [4.69, 9.17) is 9.47 Å². The van der Waals surface area contributed by atoms with Crippen molar-refractivity contribution < 1.29 is 9.47 Å². The molecule has 2 atom stereocenters. The van der Waals surface area contributed by atoms with Gasteiger partial charge in [-0.1, -0.05) is 19.4 Å². The molecule has 0 amide bonds. The first kappa shape index (κ1) is 11.4. The second-order valence-corrected chi connectivity index (χ2v) is 3.70. The van der Waals surface area contributed by atoms with E-state index in [1.165, 1.54) is 12.8 Å². The van der Waals surface area contributed by atoms with Gasteiger partial charge in [-0.3, -0.25) is 0 Å². The summed E-state index contributed by atoms with van der Waals surface area (Å²) >= 11 is 0. The van der Waals surface area contributed by atoms with Crippen molar-refractivity contribution in [3.8, 4) is 0 Å². The number of ether oxygens (including phenoxy) is 2. The minimum Gasteiger partial charge on any atom is -0.498 e. The molecule has 14 heavy (non-hydrogen) atoms. The second kappa shape index (κ2) is 5.97. The molecule has 0 aliphatic heterocycles. The van der Waals surface area contributed by atoms with Crippen LogP contribution in [0.2, 0.25) is 0 Å². The quantitative estimate of drug-likeness (QED) is 0.497. The molecule has 1 rings (SSSR count). The van der Waals surface area contributed by atoms with Crippen molar-refractivity contribution in [1.29, 1.82) is 0 Å². The Bertz CT molecular complexity index is 175. The van der Waals surface area contributed by atoms with Gasteiger partial charge in [-0.05, 0) is 19.8 Å². The Balaban J connectivity index is 2.48. The van der Waals surface area contributed by atoms with Gasteiger partial charge in [0.15, 0.2) is 0 Å². The molecule has 2 nitrogen and oxygen atoms in total. The summed E-state index contributed by atoms with van der Waals surface area (Å²) in [7, 11) is 0. The molecule has 0 bridgehead atoms. The maximum absolute atomic E-state index is 5.60. The molecular weight excluding hydrogens is 176 g/mol. The highest BCUT2D eigenvalue weighted by atomic mass is 16.5. The van der Waals surface area contributed by atoms with Crippen LogP contribution < -0.4 is 0 Å². The highest BCUT2D eigenvalue weighted by Crippen LogP contribution is 2.32. The molecule has 0 spiro atoms. The van der Waals surface area contributed by atoms with Gasteiger partial charge in [0.1, 0.15) is 13.0 Å². The third kappa shape index (κ3) is 2.95. The summed E-state index contributed by atoms with van der Waals surface area (Å²) in [5.74, 6) is 1.29. The summed E-state index contributed by atoms with van der Waals surface area (Å²) in [5.41, 5.74) is 0. The van der Waals surface area contributed by atoms with Gasteiger partial charge in [0.05, 0.1) is 12.4 Å². The van der Waals surface area contributed by atoms with Gasteiger partial charge in [-0.2, -0.15) is 4.74 Å². The van der Waals surface area contributed by atoms with E-state index in [2.05, 4.69) is 6.58 Å². The molecular formula is C12H21O2+. The summed E-state index contributed by atoms with van der Waals surface area (Å²) in [6.07, 6.45) is 5.08. The molecule has 0 heterocycles. The van der Waals surface area contributed by atoms with Crippen molar-refractivity contribution in [2.75, 3.05) is 6.61 Å². The van der Waals surface area contributed by atoms with Crippen LogP contribution in [0.25, 0.3) is 0 Å². The number of hydrogen-bond donors (Lipinski definition) is 0. The van der Waals surface area contributed by atoms with Crippen molar-refractivity contribution >= 4 is 0 Å². The minimum atomic E-state index is 0.285. The zero-order valence-corrected chi connectivity index (χ0v) is 9.29. The zero-order valence-electron chi connectivity index (χ0n) is 9.29. The molecule has 0 aromatic carbocycles. The van der Waals surface area contributed by atoms with Crippen molar-refractivity contribution in [3.63, 3.8) is 0 Å². The van der Waals surface area contributed by atoms with E-state index < -0.39 is 0 Å². The van der Waals surface area contributed by atoms with E-state index in [0.29, 0.717) is 12.5 Å². The summed E-state index contributed by atoms with van der Waals surface area (Å²) < 4.78 is 11.1. The number of rotatable bonds is 5. The minimum absolute atomic E-state index is 0.285. The van der Waals surface area contributed by atoms with Crippen molar-refractivity contribution in [2.24, 2.45) is 5.92 Å². The molecule has 0 aromatic heterocycles. The van der Waals surface area contributed by atoms with E-state index in [9.17, 15) is 0 Å². The fourth-order valence-corrected chi connectivity index (χ4v) is 2.10. The Labute approximate surface area is 87.3 Å². The van der Waals surface area contributed by atoms with Crippen LogP contribution in [0.3, 0.4) is 0 Å². The van der Waals surface area contributed by atoms with Crippen LogP contribution in [0.4, 0.5) is 0 Å². The lowest BCUT2D eigenvalue weighted by Crippen LogP contribution is -2.28. The Morgan fingerprint density at radius 3 is 2.79 bits per heavy atom. The van der Waals surface area contributed by atoms with Crippen LogP contribution in [0.5, 0.6) is 0 Å². The van der Waals surface area contributed by atoms with Crippen molar-refractivity contribution in [3.05, 3.63) is 18.9 Å². The van der Waals surface area contributed by atoms with E-state index in [-0.39, 0.29) is 6.10 Å². The standard InChI is InChI=1S/C12H21O2/c1-4-13-10(3)11-8-6-7-9-12(11)14-5-2/h5,11-12H,3-4,6-9H2,1-2H3/q+1. The first-order valence-electron chi connectivity index (χ1n) is 5.54. The van der Waals surface area contributed by atoms with Crippen molar-refractivity contribution in [2.45, 2.75) is 45.6 Å². The summed E-state index contributed by atoms with van der Waals surface area (Å²) in [5, 5.41) is 0. The highest BCUT2D eigenvalue weighted by molar-refractivity contribution is 4.97. The second-order valence-electron chi connectivity index (χ2n) is 3.70. The van der Waals surface area contributed by atoms with Gasteiger partial charge in [0, 0.05) is 5.92 Å². The third-order valence-electron chi connectivity index (χ3n) is 2.76. The largest absolute Gasteiger partial charge is 0.498 e. The monoisotopic (exact) mass is 197 g/mol. The molecule has 0 radical (unpaired) electrons. The van der Waals surface area contributed by atoms with E-state index >= 15 is 0 Å². The molecule has 0 saturated heterocycles.